The van der Waals surface area contributed by atoms with Gasteiger partial charge in [-0.3, -0.25) is 14.6 Å². The Labute approximate surface area is 199 Å². The summed E-state index contributed by atoms with van der Waals surface area (Å²) in [6.07, 6.45) is 7.46. The molecule has 0 spiro atoms. The number of rotatable bonds is 8. The van der Waals surface area contributed by atoms with Crippen LogP contribution in [-0.2, 0) is 17.5 Å². The Bertz CT molecular complexity index is 1280. The molecule has 1 amide bonds. The minimum atomic E-state index is -4.58. The molecule has 10 heteroatoms. The second kappa shape index (κ2) is 9.54. The van der Waals surface area contributed by atoms with Crippen molar-refractivity contribution >= 4 is 23.1 Å². The zero-order valence-corrected chi connectivity index (χ0v) is 18.4. The number of carbonyl (C=O) groups excluding carboxylic acids is 2. The van der Waals surface area contributed by atoms with E-state index in [9.17, 15) is 22.8 Å². The van der Waals surface area contributed by atoms with Crippen molar-refractivity contribution in [2.24, 2.45) is 5.41 Å². The van der Waals surface area contributed by atoms with Crippen LogP contribution in [0, 0.1) is 17.8 Å². The Hall–Kier alpha value is -4.26. The van der Waals surface area contributed by atoms with E-state index in [1.54, 1.807) is 12.1 Å². The van der Waals surface area contributed by atoms with E-state index in [0.717, 1.165) is 6.07 Å². The average Bonchev–Trinajstić information content (AvgIpc) is 3.64. The number of hydrogen-bond acceptors (Lipinski definition) is 6. The minimum Gasteiger partial charge on any atom is -0.354 e. The van der Waals surface area contributed by atoms with E-state index in [0.29, 0.717) is 29.8 Å². The van der Waals surface area contributed by atoms with Crippen molar-refractivity contribution in [3.05, 3.63) is 77.6 Å². The molecule has 0 atom stereocenters. The predicted octanol–water partition coefficient (Wildman–Crippen LogP) is 4.28. The molecular weight excluding hydrogens is 459 g/mol. The summed E-state index contributed by atoms with van der Waals surface area (Å²) in [5.74, 6) is 1.76. The molecule has 0 saturated heterocycles. The topological polar surface area (TPSA) is 96.9 Å². The number of nitrogens with one attached hydrogen (secondary N) is 2. The first-order valence-corrected chi connectivity index (χ1v) is 10.7. The van der Waals surface area contributed by atoms with Gasteiger partial charge in [0.25, 0.3) is 0 Å². The third-order valence-corrected chi connectivity index (χ3v) is 5.74. The quantitative estimate of drug-likeness (QED) is 0.370. The number of terminal acetylenes is 1. The van der Waals surface area contributed by atoms with E-state index >= 15 is 0 Å². The van der Waals surface area contributed by atoms with Crippen LogP contribution in [0.15, 0.2) is 55.2 Å². The summed E-state index contributed by atoms with van der Waals surface area (Å²) in [5, 5.41) is 5.50. The number of aromatic nitrogens is 3. The molecule has 3 aromatic rings. The normalized spacial score (nSPS) is 14.0. The molecule has 0 radical (unpaired) electrons. The number of anilines is 2. The summed E-state index contributed by atoms with van der Waals surface area (Å²) < 4.78 is 40.2. The molecule has 1 aliphatic rings. The highest BCUT2D eigenvalue weighted by molar-refractivity contribution is 6.00. The van der Waals surface area contributed by atoms with E-state index in [2.05, 4.69) is 31.5 Å². The lowest BCUT2D eigenvalue weighted by Gasteiger charge is -2.16. The van der Waals surface area contributed by atoms with Crippen molar-refractivity contribution in [3.63, 3.8) is 0 Å². The first kappa shape index (κ1) is 23.9. The molecule has 178 valence electrons. The van der Waals surface area contributed by atoms with Crippen molar-refractivity contribution in [3.8, 4) is 12.3 Å². The summed E-state index contributed by atoms with van der Waals surface area (Å²) >= 11 is 0. The maximum Gasteiger partial charge on any atom is 0.418 e. The van der Waals surface area contributed by atoms with Crippen LogP contribution >= 0.6 is 0 Å². The Morgan fingerprint density at radius 3 is 2.43 bits per heavy atom. The Kier molecular flexibility index (Phi) is 6.51. The third kappa shape index (κ3) is 5.63. The fourth-order valence-corrected chi connectivity index (χ4v) is 3.58. The zero-order valence-electron chi connectivity index (χ0n) is 18.4. The Balaban J connectivity index is 1.36. The number of hydrogen-bond donors (Lipinski definition) is 2. The van der Waals surface area contributed by atoms with Crippen LogP contribution in [-0.4, -0.2) is 26.6 Å². The number of carbonyl (C=O) groups is 2. The van der Waals surface area contributed by atoms with E-state index in [1.165, 1.54) is 37.1 Å². The number of ketones is 1. The summed E-state index contributed by atoms with van der Waals surface area (Å²) in [7, 11) is 0. The summed E-state index contributed by atoms with van der Waals surface area (Å²) in [6.45, 7) is 0.119. The maximum atomic E-state index is 13.4. The second-order valence-corrected chi connectivity index (χ2v) is 8.26. The average molecular weight is 479 g/mol. The van der Waals surface area contributed by atoms with E-state index in [1.807, 2.05) is 0 Å². The van der Waals surface area contributed by atoms with Crippen molar-refractivity contribution in [1.82, 2.24) is 20.3 Å². The Morgan fingerprint density at radius 2 is 1.83 bits per heavy atom. The van der Waals surface area contributed by atoms with Crippen molar-refractivity contribution in [2.75, 3.05) is 5.32 Å². The van der Waals surface area contributed by atoms with Gasteiger partial charge in [0.2, 0.25) is 5.91 Å². The van der Waals surface area contributed by atoms with Crippen LogP contribution in [0.4, 0.5) is 24.5 Å². The molecule has 2 heterocycles. The molecule has 0 bridgehead atoms. The maximum absolute atomic E-state index is 13.4. The van der Waals surface area contributed by atoms with Gasteiger partial charge < -0.3 is 10.6 Å². The third-order valence-electron chi connectivity index (χ3n) is 5.74. The second-order valence-electron chi connectivity index (χ2n) is 8.26. The highest BCUT2D eigenvalue weighted by Gasteiger charge is 2.51. The lowest BCUT2D eigenvalue weighted by molar-refractivity contribution is -0.137. The van der Waals surface area contributed by atoms with Gasteiger partial charge in [-0.1, -0.05) is 5.92 Å². The van der Waals surface area contributed by atoms with Crippen molar-refractivity contribution in [2.45, 2.75) is 32.0 Å². The lowest BCUT2D eigenvalue weighted by atomic mass is 9.96. The van der Waals surface area contributed by atoms with Gasteiger partial charge in [-0.25, -0.2) is 9.97 Å². The highest BCUT2D eigenvalue weighted by atomic mass is 19.4. The zero-order chi connectivity index (χ0) is 25.1. The molecule has 2 aromatic heterocycles. The molecule has 0 unspecified atom stereocenters. The number of alkyl halides is 3. The molecular formula is C25H20F3N5O2. The fourth-order valence-electron chi connectivity index (χ4n) is 3.58. The van der Waals surface area contributed by atoms with Gasteiger partial charge in [-0.2, -0.15) is 13.2 Å². The number of Topliss-reactive ketones (excluding diaryl/α,β-unsaturated/α-hetero) is 1. The van der Waals surface area contributed by atoms with Gasteiger partial charge in [-0.15, -0.1) is 6.42 Å². The first-order valence-electron chi connectivity index (χ1n) is 10.7. The van der Waals surface area contributed by atoms with Crippen LogP contribution in [0.2, 0.25) is 0 Å². The molecule has 1 aliphatic carbocycles. The van der Waals surface area contributed by atoms with E-state index < -0.39 is 17.2 Å². The number of nitrogens with zero attached hydrogens (tertiary/aromatic N) is 3. The van der Waals surface area contributed by atoms with Crippen LogP contribution < -0.4 is 10.6 Å². The molecule has 2 N–H and O–H groups in total. The number of pyridine rings is 1. The van der Waals surface area contributed by atoms with Crippen LogP contribution in [0.3, 0.4) is 0 Å². The van der Waals surface area contributed by atoms with E-state index in [-0.39, 0.29) is 35.9 Å². The van der Waals surface area contributed by atoms with Gasteiger partial charge in [0.05, 0.1) is 46.4 Å². The van der Waals surface area contributed by atoms with Crippen LogP contribution in [0.1, 0.15) is 46.4 Å². The SMILES string of the molecule is C#Cc1ccc(Nc2ccc(CNC(=O)C3(CC(=O)c4cncnc4)CC3)nc2)c(C(F)(F)F)c1. The number of benzene rings is 1. The van der Waals surface area contributed by atoms with Gasteiger partial charge in [-0.05, 0) is 43.2 Å². The molecule has 0 aliphatic heterocycles. The van der Waals surface area contributed by atoms with Crippen LogP contribution in [0.5, 0.6) is 0 Å². The lowest BCUT2D eigenvalue weighted by Crippen LogP contribution is -2.33. The minimum absolute atomic E-state index is 0.0719. The smallest absolute Gasteiger partial charge is 0.354 e. The molecule has 4 rings (SSSR count). The number of amides is 1. The van der Waals surface area contributed by atoms with Crippen LogP contribution in [0.25, 0.3) is 0 Å². The molecule has 1 saturated carbocycles. The van der Waals surface area contributed by atoms with Gasteiger partial charge in [0.1, 0.15) is 6.33 Å². The van der Waals surface area contributed by atoms with Crippen molar-refractivity contribution < 1.29 is 22.8 Å². The number of halogens is 3. The van der Waals surface area contributed by atoms with Crippen molar-refractivity contribution in [1.29, 1.82) is 0 Å². The molecule has 1 fully saturated rings. The monoisotopic (exact) mass is 479 g/mol. The van der Waals surface area contributed by atoms with Gasteiger partial charge in [0.15, 0.2) is 5.78 Å². The molecule has 1 aromatic carbocycles. The van der Waals surface area contributed by atoms with Gasteiger partial charge >= 0.3 is 6.18 Å². The largest absolute Gasteiger partial charge is 0.418 e. The Morgan fingerprint density at radius 1 is 1.09 bits per heavy atom. The highest BCUT2D eigenvalue weighted by Crippen LogP contribution is 2.49. The summed E-state index contributed by atoms with van der Waals surface area (Å²) in [6, 6.07) is 6.75. The summed E-state index contributed by atoms with van der Waals surface area (Å²) in [5.41, 5.74) is -0.431. The van der Waals surface area contributed by atoms with E-state index in [4.69, 9.17) is 6.42 Å². The summed E-state index contributed by atoms with van der Waals surface area (Å²) in [4.78, 5) is 37.0. The predicted molar refractivity (Wildman–Crippen MR) is 121 cm³/mol. The van der Waals surface area contributed by atoms with Gasteiger partial charge in [0, 0.05) is 24.4 Å². The molecule has 35 heavy (non-hydrogen) atoms. The molecule has 7 nitrogen and oxygen atoms in total. The standard InChI is InChI=1S/C25H20F3N5O2/c1-2-16-3-6-21(20(9-16)25(26,27)28)33-19-5-4-18(31-14-19)13-32-23(35)24(7-8-24)10-22(34)17-11-29-15-30-12-17/h1,3-6,9,11-12,14-15,33H,7-8,10,13H2,(H,32,35). The fraction of sp³-hybridized carbons (Fsp3) is 0.240. The first-order chi connectivity index (χ1) is 16.7.